The Morgan fingerprint density at radius 3 is 2.71 bits per heavy atom. The molecular formula is C23H25ClN6O4. The van der Waals surface area contributed by atoms with E-state index in [1.165, 1.54) is 25.3 Å². The minimum absolute atomic E-state index is 0.103. The molecular weight excluding hydrogens is 460 g/mol. The van der Waals surface area contributed by atoms with Crippen LogP contribution in [0.4, 0.5) is 10.5 Å². The summed E-state index contributed by atoms with van der Waals surface area (Å²) >= 11 is 5.98. The van der Waals surface area contributed by atoms with Gasteiger partial charge in [-0.05, 0) is 49.2 Å². The maximum absolute atomic E-state index is 12.5. The predicted molar refractivity (Wildman–Crippen MR) is 127 cm³/mol. The van der Waals surface area contributed by atoms with Crippen molar-refractivity contribution in [3.8, 4) is 0 Å². The van der Waals surface area contributed by atoms with Gasteiger partial charge in [0.2, 0.25) is 0 Å². The maximum atomic E-state index is 12.5. The van der Waals surface area contributed by atoms with Crippen LogP contribution in [-0.4, -0.2) is 52.6 Å². The van der Waals surface area contributed by atoms with Crippen LogP contribution in [-0.2, 0) is 11.3 Å². The lowest BCUT2D eigenvalue weighted by molar-refractivity contribution is 0.0601. The Morgan fingerprint density at radius 2 is 1.94 bits per heavy atom. The Kier molecular flexibility index (Phi) is 7.27. The molecule has 1 saturated carbocycles. The van der Waals surface area contributed by atoms with Crippen molar-refractivity contribution in [1.82, 2.24) is 25.6 Å². The highest BCUT2D eigenvalue weighted by molar-refractivity contribution is 6.31. The molecule has 3 N–H and O–H groups in total. The molecule has 0 aliphatic heterocycles. The van der Waals surface area contributed by atoms with E-state index in [1.54, 1.807) is 22.9 Å². The van der Waals surface area contributed by atoms with E-state index in [2.05, 4.69) is 26.3 Å². The summed E-state index contributed by atoms with van der Waals surface area (Å²) in [6, 6.07) is 9.49. The number of esters is 1. The van der Waals surface area contributed by atoms with Crippen molar-refractivity contribution >= 4 is 46.2 Å². The summed E-state index contributed by atoms with van der Waals surface area (Å²) in [5, 5.41) is 17.0. The number of carbonyl (C=O) groups excluding carboxylic acids is 3. The van der Waals surface area contributed by atoms with Gasteiger partial charge >= 0.3 is 12.0 Å². The maximum Gasteiger partial charge on any atom is 0.339 e. The normalized spacial score (nSPS) is 13.6. The number of hydrogen-bond donors (Lipinski definition) is 3. The second kappa shape index (κ2) is 10.5. The van der Waals surface area contributed by atoms with E-state index in [1.807, 2.05) is 0 Å². The third-order valence-corrected chi connectivity index (χ3v) is 5.95. The lowest BCUT2D eigenvalue weighted by Crippen LogP contribution is -2.32. The van der Waals surface area contributed by atoms with Gasteiger partial charge in [-0.2, -0.15) is 0 Å². The van der Waals surface area contributed by atoms with E-state index in [4.69, 9.17) is 16.3 Å². The van der Waals surface area contributed by atoms with Gasteiger partial charge in [-0.25, -0.2) is 14.3 Å². The first-order chi connectivity index (χ1) is 16.4. The number of urea groups is 1. The number of fused-ring (bicyclic) bond motifs is 1. The zero-order valence-electron chi connectivity index (χ0n) is 18.6. The van der Waals surface area contributed by atoms with Gasteiger partial charge in [-0.15, -0.1) is 5.10 Å². The summed E-state index contributed by atoms with van der Waals surface area (Å²) < 4.78 is 6.37. The second-order valence-electron chi connectivity index (χ2n) is 8.03. The average molecular weight is 485 g/mol. The molecule has 1 aliphatic rings. The summed E-state index contributed by atoms with van der Waals surface area (Å²) in [5.41, 5.74) is 2.34. The zero-order valence-corrected chi connectivity index (χ0v) is 19.4. The number of hydrogen-bond acceptors (Lipinski definition) is 6. The zero-order chi connectivity index (χ0) is 24.1. The van der Waals surface area contributed by atoms with Crippen molar-refractivity contribution in [2.75, 3.05) is 19.0 Å². The Hall–Kier alpha value is -3.66. The topological polar surface area (TPSA) is 127 Å². The fourth-order valence-corrected chi connectivity index (χ4v) is 4.14. The quantitative estimate of drug-likeness (QED) is 0.441. The van der Waals surface area contributed by atoms with Crippen LogP contribution in [0.5, 0.6) is 0 Å². The molecule has 10 nitrogen and oxygen atoms in total. The van der Waals surface area contributed by atoms with Crippen LogP contribution >= 0.6 is 11.6 Å². The molecule has 34 heavy (non-hydrogen) atoms. The van der Waals surface area contributed by atoms with Gasteiger partial charge in [-0.1, -0.05) is 29.7 Å². The fraction of sp³-hybridized carbons (Fsp3) is 0.348. The number of carbonyl (C=O) groups is 3. The van der Waals surface area contributed by atoms with Crippen molar-refractivity contribution in [2.24, 2.45) is 0 Å². The Morgan fingerprint density at radius 1 is 1.15 bits per heavy atom. The first-order valence-corrected chi connectivity index (χ1v) is 11.4. The van der Waals surface area contributed by atoms with Crippen molar-refractivity contribution in [3.63, 3.8) is 0 Å². The van der Waals surface area contributed by atoms with Crippen LogP contribution in [0.2, 0.25) is 5.02 Å². The van der Waals surface area contributed by atoms with E-state index < -0.39 is 12.0 Å². The summed E-state index contributed by atoms with van der Waals surface area (Å²) in [6.45, 7) is 0.610. The SMILES string of the molecule is COC(=O)c1ccc(Cl)cc1NC(=O)NCCn1nnc2cc(C(=O)NC3CCCC3)ccc21. The van der Waals surface area contributed by atoms with Crippen LogP contribution < -0.4 is 16.0 Å². The molecule has 178 valence electrons. The van der Waals surface area contributed by atoms with Crippen LogP contribution in [0.1, 0.15) is 46.4 Å². The first-order valence-electron chi connectivity index (χ1n) is 11.0. The van der Waals surface area contributed by atoms with Crippen molar-refractivity contribution < 1.29 is 19.1 Å². The number of aromatic nitrogens is 3. The lowest BCUT2D eigenvalue weighted by atomic mass is 10.1. The summed E-state index contributed by atoms with van der Waals surface area (Å²) in [6.07, 6.45) is 4.34. The molecule has 4 rings (SSSR count). The van der Waals surface area contributed by atoms with Crippen molar-refractivity contribution in [2.45, 2.75) is 38.3 Å². The highest BCUT2D eigenvalue weighted by Gasteiger charge is 2.19. The molecule has 0 bridgehead atoms. The number of amides is 3. The van der Waals surface area contributed by atoms with E-state index >= 15 is 0 Å². The van der Waals surface area contributed by atoms with Crippen molar-refractivity contribution in [1.29, 1.82) is 0 Å². The molecule has 11 heteroatoms. The van der Waals surface area contributed by atoms with Crippen molar-refractivity contribution in [3.05, 3.63) is 52.5 Å². The molecule has 0 unspecified atom stereocenters. The summed E-state index contributed by atoms with van der Waals surface area (Å²) in [4.78, 5) is 36.7. The van der Waals surface area contributed by atoms with E-state index in [9.17, 15) is 14.4 Å². The average Bonchev–Trinajstić information content (AvgIpc) is 3.48. The Balaban J connectivity index is 1.34. The predicted octanol–water partition coefficient (Wildman–Crippen LogP) is 3.37. The molecule has 0 saturated heterocycles. The first kappa shape index (κ1) is 23.5. The number of methoxy groups -OCH3 is 1. The second-order valence-corrected chi connectivity index (χ2v) is 8.47. The smallest absolute Gasteiger partial charge is 0.339 e. The molecule has 0 atom stereocenters. The fourth-order valence-electron chi connectivity index (χ4n) is 3.97. The van der Waals surface area contributed by atoms with E-state index in [-0.39, 0.29) is 29.7 Å². The van der Waals surface area contributed by atoms with Gasteiger partial charge in [-0.3, -0.25) is 4.79 Å². The standard InChI is InChI=1S/C23H25ClN6O4/c1-34-22(32)17-8-7-15(24)13-18(17)27-23(33)25-10-11-30-20-9-6-14(12-19(20)28-29-30)21(31)26-16-4-2-3-5-16/h6-9,12-13,16H,2-5,10-11H2,1H3,(H,26,31)(H2,25,27,33). The summed E-state index contributed by atoms with van der Waals surface area (Å²) in [5.74, 6) is -0.689. The van der Waals surface area contributed by atoms with Crippen LogP contribution in [0.25, 0.3) is 11.0 Å². The number of halogens is 1. The number of benzene rings is 2. The Bertz CT molecular complexity index is 1220. The number of anilines is 1. The monoisotopic (exact) mass is 484 g/mol. The van der Waals surface area contributed by atoms with Gasteiger partial charge in [0.05, 0.1) is 30.4 Å². The number of ether oxygens (including phenoxy) is 1. The van der Waals surface area contributed by atoms with Gasteiger partial charge in [0.25, 0.3) is 5.91 Å². The molecule has 3 amide bonds. The summed E-state index contributed by atoms with van der Waals surface area (Å²) in [7, 11) is 1.26. The highest BCUT2D eigenvalue weighted by atomic mass is 35.5. The minimum atomic E-state index is -0.586. The largest absolute Gasteiger partial charge is 0.465 e. The van der Waals surface area contributed by atoms with E-state index in [0.717, 1.165) is 31.2 Å². The van der Waals surface area contributed by atoms with Gasteiger partial charge < -0.3 is 20.7 Å². The minimum Gasteiger partial charge on any atom is -0.465 e. The molecule has 3 aromatic rings. The molecule has 1 fully saturated rings. The highest BCUT2D eigenvalue weighted by Crippen LogP contribution is 2.22. The number of rotatable bonds is 7. The Labute approximate surface area is 201 Å². The van der Waals surface area contributed by atoms with Crippen LogP contribution in [0.3, 0.4) is 0 Å². The third kappa shape index (κ3) is 5.45. The molecule has 1 heterocycles. The van der Waals surface area contributed by atoms with Gasteiger partial charge in [0.1, 0.15) is 5.52 Å². The van der Waals surface area contributed by atoms with Gasteiger partial charge in [0.15, 0.2) is 0 Å². The number of nitrogens with one attached hydrogen (secondary N) is 3. The molecule has 2 aromatic carbocycles. The van der Waals surface area contributed by atoms with Gasteiger partial charge in [0, 0.05) is 23.2 Å². The lowest BCUT2D eigenvalue weighted by Gasteiger charge is -2.12. The van der Waals surface area contributed by atoms with Crippen LogP contribution in [0.15, 0.2) is 36.4 Å². The molecule has 0 spiro atoms. The molecule has 0 radical (unpaired) electrons. The molecule has 1 aliphatic carbocycles. The molecule has 1 aromatic heterocycles. The van der Waals surface area contributed by atoms with Crippen LogP contribution in [0, 0.1) is 0 Å². The van der Waals surface area contributed by atoms with E-state index in [0.29, 0.717) is 22.6 Å². The third-order valence-electron chi connectivity index (χ3n) is 5.71. The number of nitrogens with zero attached hydrogens (tertiary/aromatic N) is 3.